The van der Waals surface area contributed by atoms with Crippen LogP contribution in [0, 0.1) is 10.1 Å². The first-order valence-electron chi connectivity index (χ1n) is 4.52. The van der Waals surface area contributed by atoms with E-state index in [0.717, 1.165) is 0 Å². The van der Waals surface area contributed by atoms with E-state index in [4.69, 9.17) is 22.3 Å². The summed E-state index contributed by atoms with van der Waals surface area (Å²) >= 11 is 0. The molecule has 0 saturated heterocycles. The molecule has 0 rings (SSSR count). The van der Waals surface area contributed by atoms with Crippen LogP contribution in [0.2, 0.25) is 0 Å². The average Bonchev–Trinajstić information content (AvgIpc) is 2.14. The van der Waals surface area contributed by atoms with Crippen LogP contribution in [0.3, 0.4) is 0 Å². The first-order valence-corrected chi connectivity index (χ1v) is 4.52. The van der Waals surface area contributed by atoms with Gasteiger partial charge in [-0.3, -0.25) is 19.9 Å². The molecule has 0 aliphatic carbocycles. The highest BCUT2D eigenvalue weighted by Crippen LogP contribution is 2.06. The Morgan fingerprint density at radius 1 is 1.50 bits per heavy atom. The first kappa shape index (κ1) is 14.1. The molecule has 92 valence electrons. The Morgan fingerprint density at radius 2 is 2.06 bits per heavy atom. The van der Waals surface area contributed by atoms with Crippen molar-refractivity contribution in [1.82, 2.24) is 0 Å². The Labute approximate surface area is 91.5 Å². The van der Waals surface area contributed by atoms with Crippen molar-refractivity contribution >= 4 is 11.9 Å². The van der Waals surface area contributed by atoms with Crippen LogP contribution in [-0.4, -0.2) is 40.6 Å². The lowest BCUT2D eigenvalue weighted by Crippen LogP contribution is -2.37. The molecule has 0 aromatic heterocycles. The smallest absolute Gasteiger partial charge is 0.320 e. The van der Waals surface area contributed by atoms with Crippen LogP contribution in [0.1, 0.15) is 12.8 Å². The molecule has 7 N–H and O–H groups in total. The molecule has 0 heterocycles. The third-order valence-electron chi connectivity index (χ3n) is 1.90. The Hall–Kier alpha value is -1.90. The fourth-order valence-electron chi connectivity index (χ4n) is 1.05. The number of carboxylic acids is 1. The maximum atomic E-state index is 10.6. The van der Waals surface area contributed by atoms with E-state index in [9.17, 15) is 14.9 Å². The Balaban J connectivity index is 4.24. The van der Waals surface area contributed by atoms with Crippen molar-refractivity contribution in [3.8, 4) is 0 Å². The molecule has 2 atom stereocenters. The Kier molecular flexibility index (Phi) is 5.78. The van der Waals surface area contributed by atoms with Crippen LogP contribution >= 0.6 is 0 Å². The molecule has 9 heteroatoms. The van der Waals surface area contributed by atoms with Crippen molar-refractivity contribution in [1.29, 1.82) is 0 Å². The van der Waals surface area contributed by atoms with E-state index in [0.29, 0.717) is 0 Å². The van der Waals surface area contributed by atoms with Crippen LogP contribution < -0.4 is 17.2 Å². The molecular weight excluding hydrogens is 218 g/mol. The minimum atomic E-state index is -1.27. The molecule has 0 spiro atoms. The molecule has 0 aliphatic heterocycles. The van der Waals surface area contributed by atoms with E-state index in [-0.39, 0.29) is 25.3 Å². The van der Waals surface area contributed by atoms with Gasteiger partial charge in [0.15, 0.2) is 5.96 Å². The van der Waals surface area contributed by atoms with Gasteiger partial charge < -0.3 is 22.3 Å². The van der Waals surface area contributed by atoms with Gasteiger partial charge in [-0.1, -0.05) is 0 Å². The standard InChI is InChI=1S/C7H15N5O4/c8-5(6(13)14)3-4(12(15)16)1-2-11-7(9)10/h4-5H,1-3,8H2,(H,13,14)(H4,9,10,11)/t4?,5-/m0/s1. The Morgan fingerprint density at radius 3 is 2.44 bits per heavy atom. The van der Waals surface area contributed by atoms with E-state index in [1.165, 1.54) is 0 Å². The molecule has 0 aliphatic rings. The summed E-state index contributed by atoms with van der Waals surface area (Å²) in [5.74, 6) is -1.43. The maximum Gasteiger partial charge on any atom is 0.320 e. The third-order valence-corrected chi connectivity index (χ3v) is 1.90. The van der Waals surface area contributed by atoms with E-state index >= 15 is 0 Å². The number of nitro groups is 1. The van der Waals surface area contributed by atoms with Crippen LogP contribution in [-0.2, 0) is 4.79 Å². The quantitative estimate of drug-likeness (QED) is 0.172. The van der Waals surface area contributed by atoms with Gasteiger partial charge in [0.2, 0.25) is 6.04 Å². The van der Waals surface area contributed by atoms with Crippen molar-refractivity contribution in [2.75, 3.05) is 6.54 Å². The summed E-state index contributed by atoms with van der Waals surface area (Å²) in [6.07, 6.45) is -0.200. The number of nitrogens with zero attached hydrogens (tertiary/aromatic N) is 2. The molecule has 0 bridgehead atoms. The van der Waals surface area contributed by atoms with Crippen molar-refractivity contribution in [3.05, 3.63) is 10.1 Å². The van der Waals surface area contributed by atoms with Gasteiger partial charge in [0.25, 0.3) is 0 Å². The number of hydrogen-bond donors (Lipinski definition) is 4. The van der Waals surface area contributed by atoms with Crippen LogP contribution in [0.15, 0.2) is 4.99 Å². The summed E-state index contributed by atoms with van der Waals surface area (Å²) in [6, 6.07) is -2.32. The third kappa shape index (κ3) is 5.75. The van der Waals surface area contributed by atoms with E-state index < -0.39 is 23.0 Å². The summed E-state index contributed by atoms with van der Waals surface area (Å²) in [4.78, 5) is 24.0. The highest BCUT2D eigenvalue weighted by Gasteiger charge is 2.26. The van der Waals surface area contributed by atoms with Gasteiger partial charge in [-0.05, 0) is 0 Å². The fourth-order valence-corrected chi connectivity index (χ4v) is 1.05. The summed E-state index contributed by atoms with van der Waals surface area (Å²) in [5, 5.41) is 19.1. The van der Waals surface area contributed by atoms with Crippen LogP contribution in [0.5, 0.6) is 0 Å². The average molecular weight is 233 g/mol. The number of rotatable bonds is 7. The van der Waals surface area contributed by atoms with E-state index in [2.05, 4.69) is 4.99 Å². The minimum absolute atomic E-state index is 0.0475. The van der Waals surface area contributed by atoms with E-state index in [1.54, 1.807) is 0 Å². The molecule has 0 aromatic carbocycles. The lowest BCUT2D eigenvalue weighted by atomic mass is 10.1. The molecule has 0 radical (unpaired) electrons. The van der Waals surface area contributed by atoms with Gasteiger partial charge in [-0.25, -0.2) is 0 Å². The van der Waals surface area contributed by atoms with E-state index in [1.807, 2.05) is 0 Å². The number of carboxylic acid groups (broad SMARTS) is 1. The second-order valence-electron chi connectivity index (χ2n) is 3.21. The predicted molar refractivity (Wildman–Crippen MR) is 56.3 cm³/mol. The zero-order valence-corrected chi connectivity index (χ0v) is 8.57. The number of carbonyl (C=O) groups is 1. The molecule has 0 amide bonds. The molecule has 0 saturated carbocycles. The summed E-state index contributed by atoms with van der Waals surface area (Å²) < 4.78 is 0. The largest absolute Gasteiger partial charge is 0.480 e. The lowest BCUT2D eigenvalue weighted by molar-refractivity contribution is -0.524. The van der Waals surface area contributed by atoms with Gasteiger partial charge >= 0.3 is 5.97 Å². The molecule has 1 unspecified atom stereocenters. The zero-order valence-electron chi connectivity index (χ0n) is 8.57. The topological polar surface area (TPSA) is 171 Å². The number of hydrogen-bond acceptors (Lipinski definition) is 5. The van der Waals surface area contributed by atoms with Crippen LogP contribution in [0.25, 0.3) is 0 Å². The Bertz CT molecular complexity index is 289. The summed E-state index contributed by atoms with van der Waals surface area (Å²) in [7, 11) is 0. The molecule has 9 nitrogen and oxygen atoms in total. The number of aliphatic carboxylic acids is 1. The second kappa shape index (κ2) is 6.56. The number of nitrogens with two attached hydrogens (primary N) is 3. The molecule has 0 aromatic rings. The van der Waals surface area contributed by atoms with Crippen molar-refractivity contribution < 1.29 is 14.8 Å². The highest BCUT2D eigenvalue weighted by atomic mass is 16.6. The van der Waals surface area contributed by atoms with Gasteiger partial charge in [-0.15, -0.1) is 0 Å². The normalized spacial score (nSPS) is 13.8. The van der Waals surface area contributed by atoms with Gasteiger partial charge in [0, 0.05) is 24.3 Å². The van der Waals surface area contributed by atoms with Gasteiger partial charge in [-0.2, -0.15) is 0 Å². The fraction of sp³-hybridized carbons (Fsp3) is 0.714. The first-order chi connectivity index (χ1) is 7.34. The summed E-state index contributed by atoms with van der Waals surface area (Å²) in [5.41, 5.74) is 15.3. The molecular formula is C7H15N5O4. The number of guanidine groups is 1. The van der Waals surface area contributed by atoms with Crippen LogP contribution in [0.4, 0.5) is 0 Å². The molecule has 16 heavy (non-hydrogen) atoms. The maximum absolute atomic E-state index is 10.6. The van der Waals surface area contributed by atoms with Crippen molar-refractivity contribution in [3.63, 3.8) is 0 Å². The minimum Gasteiger partial charge on any atom is -0.480 e. The predicted octanol–water partition coefficient (Wildman–Crippen LogP) is -1.90. The summed E-state index contributed by atoms with van der Waals surface area (Å²) in [6.45, 7) is 0.0698. The highest BCUT2D eigenvalue weighted by molar-refractivity contribution is 5.75. The molecule has 0 fully saturated rings. The monoisotopic (exact) mass is 233 g/mol. The lowest BCUT2D eigenvalue weighted by Gasteiger charge is -2.10. The number of aliphatic imine (C=N–C) groups is 1. The SMILES string of the molecule is NC(N)=NCCC(C[C@H](N)C(=O)O)[N+](=O)[O-]. The van der Waals surface area contributed by atoms with Gasteiger partial charge in [0.1, 0.15) is 6.04 Å². The van der Waals surface area contributed by atoms with Crippen molar-refractivity contribution in [2.24, 2.45) is 22.2 Å². The van der Waals surface area contributed by atoms with Crippen molar-refractivity contribution in [2.45, 2.75) is 24.9 Å². The second-order valence-corrected chi connectivity index (χ2v) is 3.21. The zero-order chi connectivity index (χ0) is 12.7. The van der Waals surface area contributed by atoms with Gasteiger partial charge in [0.05, 0.1) is 0 Å².